The summed E-state index contributed by atoms with van der Waals surface area (Å²) >= 11 is 0. The average Bonchev–Trinajstić information content (AvgIpc) is 2.08. The molecule has 1 rings (SSSR count). The van der Waals surface area contributed by atoms with E-state index in [-0.39, 0.29) is 17.5 Å². The van der Waals surface area contributed by atoms with E-state index in [0.717, 1.165) is 5.56 Å². The molecule has 0 spiro atoms. The van der Waals surface area contributed by atoms with Crippen LogP contribution in [-0.2, 0) is 0 Å². The lowest BCUT2D eigenvalue weighted by Gasteiger charge is -2.10. The summed E-state index contributed by atoms with van der Waals surface area (Å²) in [4.78, 5) is 0. The van der Waals surface area contributed by atoms with Crippen molar-refractivity contribution in [1.29, 1.82) is 0 Å². The van der Waals surface area contributed by atoms with Crippen molar-refractivity contribution in [2.24, 2.45) is 0 Å². The van der Waals surface area contributed by atoms with Crippen LogP contribution >= 0.6 is 0 Å². The lowest BCUT2D eigenvalue weighted by atomic mass is 10.1. The molecule has 0 aliphatic rings. The molecule has 2 nitrogen and oxygen atoms in total. The molecule has 0 heterocycles. The van der Waals surface area contributed by atoms with Gasteiger partial charge in [-0.05, 0) is 31.7 Å². The number of halogens is 1. The second-order valence-corrected chi connectivity index (χ2v) is 2.79. The molecule has 0 aliphatic heterocycles. The summed E-state index contributed by atoms with van der Waals surface area (Å²) in [6, 6.07) is 4.97. The van der Waals surface area contributed by atoms with Gasteiger partial charge in [-0.1, -0.05) is 6.07 Å². The number of nitrogen functional groups attached to an aromatic ring is 1. The standard InChI is InChI=1S/C9H13FN2/c1-6(12-2)7-3-4-8(10)9(11)5-7/h3-6,12H,11H2,1-2H3. The first-order valence-electron chi connectivity index (χ1n) is 3.87. The molecule has 12 heavy (non-hydrogen) atoms. The molecule has 3 N–H and O–H groups in total. The van der Waals surface area contributed by atoms with Crippen molar-refractivity contribution in [2.45, 2.75) is 13.0 Å². The minimum Gasteiger partial charge on any atom is -0.396 e. The molecule has 0 radical (unpaired) electrons. The molecule has 1 aromatic carbocycles. The molecule has 0 bridgehead atoms. The molecule has 0 fully saturated rings. The topological polar surface area (TPSA) is 38.0 Å². The highest BCUT2D eigenvalue weighted by Crippen LogP contribution is 2.17. The van der Waals surface area contributed by atoms with Gasteiger partial charge in [-0.2, -0.15) is 0 Å². The quantitative estimate of drug-likeness (QED) is 0.659. The fourth-order valence-electron chi connectivity index (χ4n) is 0.998. The number of benzene rings is 1. The van der Waals surface area contributed by atoms with Gasteiger partial charge in [0.15, 0.2) is 0 Å². The maximum absolute atomic E-state index is 12.7. The summed E-state index contributed by atoms with van der Waals surface area (Å²) in [5.74, 6) is -0.359. The van der Waals surface area contributed by atoms with E-state index in [0.29, 0.717) is 0 Å². The second kappa shape index (κ2) is 3.54. The molecule has 0 amide bonds. The Kier molecular flexibility index (Phi) is 2.65. The van der Waals surface area contributed by atoms with Gasteiger partial charge in [0, 0.05) is 6.04 Å². The van der Waals surface area contributed by atoms with Crippen LogP contribution in [0, 0.1) is 5.82 Å². The Morgan fingerprint density at radius 1 is 1.50 bits per heavy atom. The number of nitrogens with one attached hydrogen (secondary N) is 1. The summed E-state index contributed by atoms with van der Waals surface area (Å²) in [7, 11) is 1.85. The third kappa shape index (κ3) is 1.74. The van der Waals surface area contributed by atoms with Crippen molar-refractivity contribution in [3.05, 3.63) is 29.6 Å². The maximum atomic E-state index is 12.7. The van der Waals surface area contributed by atoms with E-state index in [4.69, 9.17) is 5.73 Å². The van der Waals surface area contributed by atoms with E-state index in [1.54, 1.807) is 12.1 Å². The Balaban J connectivity index is 2.96. The number of hydrogen-bond acceptors (Lipinski definition) is 2. The Morgan fingerprint density at radius 2 is 2.17 bits per heavy atom. The molecule has 0 aliphatic carbocycles. The van der Waals surface area contributed by atoms with Gasteiger partial charge in [-0.15, -0.1) is 0 Å². The fraction of sp³-hybridized carbons (Fsp3) is 0.333. The SMILES string of the molecule is CNC(C)c1ccc(F)c(N)c1. The van der Waals surface area contributed by atoms with Gasteiger partial charge in [0.1, 0.15) is 5.82 Å². The van der Waals surface area contributed by atoms with E-state index in [1.165, 1.54) is 6.07 Å². The molecular formula is C9H13FN2. The van der Waals surface area contributed by atoms with Crippen molar-refractivity contribution in [3.8, 4) is 0 Å². The molecule has 1 aromatic rings. The number of hydrogen-bond donors (Lipinski definition) is 2. The van der Waals surface area contributed by atoms with Crippen LogP contribution in [0.5, 0.6) is 0 Å². The Labute approximate surface area is 71.6 Å². The van der Waals surface area contributed by atoms with Crippen molar-refractivity contribution < 1.29 is 4.39 Å². The Hall–Kier alpha value is -1.09. The summed E-state index contributed by atoms with van der Waals surface area (Å²) in [5.41, 5.74) is 6.61. The lowest BCUT2D eigenvalue weighted by Crippen LogP contribution is -2.12. The molecule has 0 aromatic heterocycles. The zero-order valence-electron chi connectivity index (χ0n) is 7.26. The lowest BCUT2D eigenvalue weighted by molar-refractivity contribution is 0.623. The van der Waals surface area contributed by atoms with E-state index >= 15 is 0 Å². The van der Waals surface area contributed by atoms with Gasteiger partial charge in [0.2, 0.25) is 0 Å². The summed E-state index contributed by atoms with van der Waals surface area (Å²) in [6.07, 6.45) is 0. The first kappa shape index (κ1) is 9.00. The number of nitrogens with two attached hydrogens (primary N) is 1. The summed E-state index contributed by atoms with van der Waals surface area (Å²) < 4.78 is 12.7. The highest BCUT2D eigenvalue weighted by molar-refractivity contribution is 5.43. The van der Waals surface area contributed by atoms with Crippen LogP contribution in [0.3, 0.4) is 0 Å². The molecular weight excluding hydrogens is 155 g/mol. The van der Waals surface area contributed by atoms with E-state index in [2.05, 4.69) is 5.32 Å². The minimum absolute atomic E-state index is 0.202. The van der Waals surface area contributed by atoms with Gasteiger partial charge in [-0.3, -0.25) is 0 Å². The van der Waals surface area contributed by atoms with E-state index in [1.807, 2.05) is 14.0 Å². The van der Waals surface area contributed by atoms with Crippen LogP contribution in [-0.4, -0.2) is 7.05 Å². The Bertz CT molecular complexity index is 273. The zero-order chi connectivity index (χ0) is 9.14. The van der Waals surface area contributed by atoms with Crippen molar-refractivity contribution in [1.82, 2.24) is 5.32 Å². The van der Waals surface area contributed by atoms with Crippen molar-refractivity contribution >= 4 is 5.69 Å². The van der Waals surface area contributed by atoms with E-state index < -0.39 is 0 Å². The first-order valence-corrected chi connectivity index (χ1v) is 3.87. The molecule has 3 heteroatoms. The molecule has 1 unspecified atom stereocenters. The largest absolute Gasteiger partial charge is 0.396 e. The fourth-order valence-corrected chi connectivity index (χ4v) is 0.998. The molecule has 66 valence electrons. The summed E-state index contributed by atoms with van der Waals surface area (Å²) in [6.45, 7) is 1.99. The first-order chi connectivity index (χ1) is 5.65. The minimum atomic E-state index is -0.359. The highest BCUT2D eigenvalue weighted by Gasteiger charge is 2.04. The van der Waals surface area contributed by atoms with E-state index in [9.17, 15) is 4.39 Å². The molecule has 0 saturated carbocycles. The third-order valence-corrected chi connectivity index (χ3v) is 1.95. The molecule has 0 saturated heterocycles. The van der Waals surface area contributed by atoms with Crippen LogP contribution in [0.4, 0.5) is 10.1 Å². The normalized spacial score (nSPS) is 12.9. The van der Waals surface area contributed by atoms with Gasteiger partial charge in [0.25, 0.3) is 0 Å². The summed E-state index contributed by atoms with van der Waals surface area (Å²) in [5, 5.41) is 3.05. The highest BCUT2D eigenvalue weighted by atomic mass is 19.1. The van der Waals surface area contributed by atoms with Crippen LogP contribution < -0.4 is 11.1 Å². The number of rotatable bonds is 2. The van der Waals surface area contributed by atoms with Gasteiger partial charge >= 0.3 is 0 Å². The third-order valence-electron chi connectivity index (χ3n) is 1.95. The maximum Gasteiger partial charge on any atom is 0.146 e. The van der Waals surface area contributed by atoms with Crippen molar-refractivity contribution in [3.63, 3.8) is 0 Å². The predicted molar refractivity (Wildman–Crippen MR) is 48.3 cm³/mol. The predicted octanol–water partition coefficient (Wildman–Crippen LogP) is 1.69. The van der Waals surface area contributed by atoms with Gasteiger partial charge in [0.05, 0.1) is 5.69 Å². The van der Waals surface area contributed by atoms with Crippen LogP contribution in [0.25, 0.3) is 0 Å². The zero-order valence-corrected chi connectivity index (χ0v) is 7.26. The average molecular weight is 168 g/mol. The van der Waals surface area contributed by atoms with Crippen molar-refractivity contribution in [2.75, 3.05) is 12.8 Å². The van der Waals surface area contributed by atoms with Crippen LogP contribution in [0.2, 0.25) is 0 Å². The number of anilines is 1. The smallest absolute Gasteiger partial charge is 0.146 e. The monoisotopic (exact) mass is 168 g/mol. The van der Waals surface area contributed by atoms with Gasteiger partial charge < -0.3 is 11.1 Å². The second-order valence-electron chi connectivity index (χ2n) is 2.79. The molecule has 1 atom stereocenters. The Morgan fingerprint density at radius 3 is 2.67 bits per heavy atom. The van der Waals surface area contributed by atoms with Gasteiger partial charge in [-0.25, -0.2) is 4.39 Å². The van der Waals surface area contributed by atoms with Crippen LogP contribution in [0.15, 0.2) is 18.2 Å². The van der Waals surface area contributed by atoms with Crippen LogP contribution in [0.1, 0.15) is 18.5 Å².